The molecule has 8 heteroatoms. The minimum Gasteiger partial charge on any atom is -0.481 e. The molecule has 1 fully saturated rings. The van der Waals surface area contributed by atoms with Gasteiger partial charge in [0, 0.05) is 25.5 Å². The van der Waals surface area contributed by atoms with Crippen molar-refractivity contribution in [2.75, 3.05) is 18.8 Å². The Morgan fingerprint density at radius 1 is 1.24 bits per heavy atom. The molecule has 2 aromatic rings. The third-order valence-electron chi connectivity index (χ3n) is 4.37. The highest BCUT2D eigenvalue weighted by Crippen LogP contribution is 2.20. The Bertz CT molecular complexity index is 750. The number of anilines is 1. The summed E-state index contributed by atoms with van der Waals surface area (Å²) >= 11 is 0. The van der Waals surface area contributed by atoms with Crippen molar-refractivity contribution in [2.24, 2.45) is 0 Å². The molecule has 1 aliphatic heterocycles. The number of nitrogen functional groups attached to an aromatic ring is 1. The standard InChI is InChI=1S/C17H21N5O3/c18-15-4-3-12(8-19-15)7-13(17(24)25)14-9-21(11-20-14)10-16(23)22-5-1-2-6-22/h3-4,8-9,11,13H,1-2,5-7,10H2,(H2,18,19)(H,24,25). The Morgan fingerprint density at radius 3 is 2.64 bits per heavy atom. The fourth-order valence-corrected chi connectivity index (χ4v) is 2.98. The van der Waals surface area contributed by atoms with Gasteiger partial charge in [0.15, 0.2) is 0 Å². The fourth-order valence-electron chi connectivity index (χ4n) is 2.98. The molecule has 2 aromatic heterocycles. The van der Waals surface area contributed by atoms with Gasteiger partial charge in [0.1, 0.15) is 18.3 Å². The number of hydrogen-bond donors (Lipinski definition) is 2. The van der Waals surface area contributed by atoms with E-state index in [1.165, 1.54) is 6.33 Å². The molecule has 0 radical (unpaired) electrons. The van der Waals surface area contributed by atoms with Crippen molar-refractivity contribution in [2.45, 2.75) is 31.7 Å². The molecule has 0 spiro atoms. The van der Waals surface area contributed by atoms with Gasteiger partial charge < -0.3 is 20.3 Å². The maximum Gasteiger partial charge on any atom is 0.312 e. The number of likely N-dealkylation sites (tertiary alicyclic amines) is 1. The predicted octanol–water partition coefficient (Wildman–Crippen LogP) is 0.894. The van der Waals surface area contributed by atoms with E-state index < -0.39 is 11.9 Å². The number of carbonyl (C=O) groups excluding carboxylic acids is 1. The third kappa shape index (κ3) is 4.14. The third-order valence-corrected chi connectivity index (χ3v) is 4.37. The number of aliphatic carboxylic acids is 1. The number of carboxylic acids is 1. The lowest BCUT2D eigenvalue weighted by Gasteiger charge is -2.15. The van der Waals surface area contributed by atoms with Gasteiger partial charge in [-0.25, -0.2) is 9.97 Å². The first-order chi connectivity index (χ1) is 12.0. The molecule has 3 N–H and O–H groups in total. The van der Waals surface area contributed by atoms with Crippen LogP contribution in [0.3, 0.4) is 0 Å². The summed E-state index contributed by atoms with van der Waals surface area (Å²) in [7, 11) is 0. The van der Waals surface area contributed by atoms with Crippen molar-refractivity contribution in [3.63, 3.8) is 0 Å². The number of amides is 1. The summed E-state index contributed by atoms with van der Waals surface area (Å²) in [4.78, 5) is 33.8. The number of hydrogen-bond acceptors (Lipinski definition) is 5. The number of imidazole rings is 1. The molecule has 1 atom stereocenters. The largest absolute Gasteiger partial charge is 0.481 e. The van der Waals surface area contributed by atoms with Crippen LogP contribution in [0.25, 0.3) is 0 Å². The number of aromatic nitrogens is 3. The lowest BCUT2D eigenvalue weighted by molar-refractivity contribution is -0.138. The lowest BCUT2D eigenvalue weighted by Crippen LogP contribution is -2.30. The maximum absolute atomic E-state index is 12.2. The topological polar surface area (TPSA) is 114 Å². The molecule has 132 valence electrons. The highest BCUT2D eigenvalue weighted by molar-refractivity contribution is 5.77. The average Bonchev–Trinajstić information content (AvgIpc) is 3.25. The van der Waals surface area contributed by atoms with Crippen LogP contribution in [-0.2, 0) is 22.6 Å². The maximum atomic E-state index is 12.2. The molecule has 25 heavy (non-hydrogen) atoms. The van der Waals surface area contributed by atoms with Crippen LogP contribution in [0.15, 0.2) is 30.9 Å². The van der Waals surface area contributed by atoms with Gasteiger partial charge in [-0.2, -0.15) is 0 Å². The fraction of sp³-hybridized carbons (Fsp3) is 0.412. The van der Waals surface area contributed by atoms with E-state index in [1.807, 2.05) is 4.90 Å². The van der Waals surface area contributed by atoms with Crippen LogP contribution in [0.4, 0.5) is 5.82 Å². The van der Waals surface area contributed by atoms with Crippen LogP contribution in [0.2, 0.25) is 0 Å². The highest BCUT2D eigenvalue weighted by atomic mass is 16.4. The van der Waals surface area contributed by atoms with E-state index in [1.54, 1.807) is 29.1 Å². The molecule has 1 saturated heterocycles. The van der Waals surface area contributed by atoms with Crippen molar-refractivity contribution < 1.29 is 14.7 Å². The second-order valence-corrected chi connectivity index (χ2v) is 6.25. The van der Waals surface area contributed by atoms with Gasteiger partial charge in [0.25, 0.3) is 0 Å². The number of pyridine rings is 1. The molecule has 0 aliphatic carbocycles. The molecule has 1 amide bonds. The van der Waals surface area contributed by atoms with Crippen molar-refractivity contribution in [3.05, 3.63) is 42.1 Å². The lowest BCUT2D eigenvalue weighted by atomic mass is 9.98. The Hall–Kier alpha value is -2.90. The van der Waals surface area contributed by atoms with Crippen molar-refractivity contribution in [1.29, 1.82) is 0 Å². The van der Waals surface area contributed by atoms with Crippen LogP contribution in [0, 0.1) is 0 Å². The molecular formula is C17H21N5O3. The SMILES string of the molecule is Nc1ccc(CC(C(=O)O)c2cn(CC(=O)N3CCCC3)cn2)cn1. The van der Waals surface area contributed by atoms with Crippen molar-refractivity contribution in [1.82, 2.24) is 19.4 Å². The van der Waals surface area contributed by atoms with E-state index >= 15 is 0 Å². The van der Waals surface area contributed by atoms with E-state index in [4.69, 9.17) is 5.73 Å². The summed E-state index contributed by atoms with van der Waals surface area (Å²) in [5.41, 5.74) is 6.75. The van der Waals surface area contributed by atoms with E-state index in [0.29, 0.717) is 11.5 Å². The summed E-state index contributed by atoms with van der Waals surface area (Å²) in [6, 6.07) is 3.40. The van der Waals surface area contributed by atoms with E-state index in [9.17, 15) is 14.7 Å². The summed E-state index contributed by atoms with van der Waals surface area (Å²) in [6.07, 6.45) is 7.06. The zero-order valence-corrected chi connectivity index (χ0v) is 13.8. The molecule has 0 aromatic carbocycles. The van der Waals surface area contributed by atoms with E-state index in [2.05, 4.69) is 9.97 Å². The summed E-state index contributed by atoms with van der Waals surface area (Å²) in [6.45, 7) is 1.77. The second-order valence-electron chi connectivity index (χ2n) is 6.25. The van der Waals surface area contributed by atoms with Gasteiger partial charge in [-0.3, -0.25) is 9.59 Å². The molecule has 0 saturated carbocycles. The zero-order valence-electron chi connectivity index (χ0n) is 13.8. The van der Waals surface area contributed by atoms with E-state index in [-0.39, 0.29) is 18.9 Å². The van der Waals surface area contributed by atoms with Crippen LogP contribution in [0.5, 0.6) is 0 Å². The van der Waals surface area contributed by atoms with Gasteiger partial charge >= 0.3 is 5.97 Å². The minimum absolute atomic E-state index is 0.0380. The van der Waals surface area contributed by atoms with Gasteiger partial charge in [-0.15, -0.1) is 0 Å². The van der Waals surface area contributed by atoms with Crippen molar-refractivity contribution >= 4 is 17.7 Å². The normalized spacial score (nSPS) is 15.3. The summed E-state index contributed by atoms with van der Waals surface area (Å²) in [5.74, 6) is -1.34. The first-order valence-corrected chi connectivity index (χ1v) is 8.25. The molecule has 8 nitrogen and oxygen atoms in total. The number of rotatable bonds is 6. The average molecular weight is 343 g/mol. The zero-order chi connectivity index (χ0) is 17.8. The molecular weight excluding hydrogens is 322 g/mol. The van der Waals surface area contributed by atoms with Gasteiger partial charge in [0.05, 0.1) is 12.0 Å². The van der Waals surface area contributed by atoms with Crippen molar-refractivity contribution in [3.8, 4) is 0 Å². The quantitative estimate of drug-likeness (QED) is 0.805. The van der Waals surface area contributed by atoms with Gasteiger partial charge in [-0.1, -0.05) is 6.07 Å². The van der Waals surface area contributed by atoms with Crippen LogP contribution in [-0.4, -0.2) is 49.5 Å². The summed E-state index contributed by atoms with van der Waals surface area (Å²) < 4.78 is 1.65. The molecule has 1 unspecified atom stereocenters. The number of carboxylic acid groups (broad SMARTS) is 1. The Kier molecular flexibility index (Phi) is 4.97. The molecule has 3 heterocycles. The van der Waals surface area contributed by atoms with E-state index in [0.717, 1.165) is 31.5 Å². The van der Waals surface area contributed by atoms with Gasteiger partial charge in [0.2, 0.25) is 5.91 Å². The first kappa shape index (κ1) is 16.9. The Balaban J connectivity index is 1.69. The molecule has 1 aliphatic rings. The predicted molar refractivity (Wildman–Crippen MR) is 90.8 cm³/mol. The van der Waals surface area contributed by atoms with Gasteiger partial charge in [-0.05, 0) is 30.9 Å². The number of nitrogens with zero attached hydrogens (tertiary/aromatic N) is 4. The summed E-state index contributed by atoms with van der Waals surface area (Å²) in [5, 5.41) is 9.54. The molecule has 0 bridgehead atoms. The first-order valence-electron chi connectivity index (χ1n) is 8.25. The monoisotopic (exact) mass is 343 g/mol. The van der Waals surface area contributed by atoms with Crippen LogP contribution >= 0.6 is 0 Å². The number of nitrogens with two attached hydrogens (primary N) is 1. The minimum atomic E-state index is -0.965. The smallest absolute Gasteiger partial charge is 0.312 e. The highest BCUT2D eigenvalue weighted by Gasteiger charge is 2.24. The molecule has 3 rings (SSSR count). The Labute approximate surface area is 145 Å². The Morgan fingerprint density at radius 2 is 2.00 bits per heavy atom. The van der Waals surface area contributed by atoms with Crippen LogP contribution in [0.1, 0.15) is 30.0 Å². The number of carbonyl (C=O) groups is 2. The second kappa shape index (κ2) is 7.33. The van der Waals surface area contributed by atoms with Crippen LogP contribution < -0.4 is 5.73 Å².